The second kappa shape index (κ2) is 8.88. The Labute approximate surface area is 228 Å². The van der Waals surface area contributed by atoms with Crippen molar-refractivity contribution >= 4 is 28.6 Å². The molecule has 4 aliphatic carbocycles. The summed E-state index contributed by atoms with van der Waals surface area (Å²) in [5.74, 6) is 0.788. The molecule has 0 spiro atoms. The third-order valence-corrected chi connectivity index (χ3v) is 11.0. The molecular formula is C31H27O7S+. The van der Waals surface area contributed by atoms with Gasteiger partial charge in [-0.1, -0.05) is 24.3 Å². The fraction of sp³-hybridized carbons (Fsp3) is 0.323. The van der Waals surface area contributed by atoms with Crippen LogP contribution in [0.4, 0.5) is 0 Å². The van der Waals surface area contributed by atoms with E-state index in [0.29, 0.717) is 40.9 Å². The van der Waals surface area contributed by atoms with E-state index in [1.54, 1.807) is 6.07 Å². The average molecular weight is 544 g/mol. The third kappa shape index (κ3) is 3.76. The summed E-state index contributed by atoms with van der Waals surface area (Å²) in [6.45, 7) is 0. The first kappa shape index (κ1) is 24.3. The third-order valence-electron chi connectivity index (χ3n) is 8.70. The number of aromatic carboxylic acids is 1. The lowest BCUT2D eigenvalue weighted by Gasteiger charge is -2.53. The van der Waals surface area contributed by atoms with E-state index in [-0.39, 0.29) is 34.9 Å². The minimum absolute atomic E-state index is 0.0626. The maximum atomic E-state index is 13.8. The quantitative estimate of drug-likeness (QED) is 0.190. The summed E-state index contributed by atoms with van der Waals surface area (Å²) < 4.78 is 17.8. The molecule has 0 aromatic heterocycles. The van der Waals surface area contributed by atoms with Gasteiger partial charge in [-0.15, -0.1) is 0 Å². The highest BCUT2D eigenvalue weighted by molar-refractivity contribution is 7.97. The van der Waals surface area contributed by atoms with Crippen LogP contribution < -0.4 is 14.2 Å². The number of carbonyl (C=O) groups excluding carboxylic acids is 2. The smallest absolute Gasteiger partial charge is 0.341 e. The van der Waals surface area contributed by atoms with Gasteiger partial charge in [0, 0.05) is 24.0 Å². The lowest BCUT2D eigenvalue weighted by Crippen LogP contribution is -2.55. The summed E-state index contributed by atoms with van der Waals surface area (Å²) in [5.41, 5.74) is -0.608. The number of hydrogen-bond acceptors (Lipinski definition) is 6. The van der Waals surface area contributed by atoms with Crippen molar-refractivity contribution in [1.82, 2.24) is 0 Å². The molecule has 1 N–H and O–H groups in total. The van der Waals surface area contributed by atoms with Crippen LogP contribution in [0.25, 0.3) is 0 Å². The number of Topliss-reactive ketones (excluding diaryl/α,β-unsaturated/α-hetero) is 1. The molecule has 3 aromatic rings. The Hall–Kier alpha value is -3.78. The molecule has 7 nitrogen and oxygen atoms in total. The number of hydrogen-bond donors (Lipinski definition) is 1. The number of carbonyl (C=O) groups is 3. The lowest BCUT2D eigenvalue weighted by atomic mass is 9.49. The first-order valence-corrected chi connectivity index (χ1v) is 14.4. The molecule has 3 aromatic carbocycles. The molecule has 0 amide bonds. The van der Waals surface area contributed by atoms with Gasteiger partial charge in [0.2, 0.25) is 9.79 Å². The van der Waals surface area contributed by atoms with E-state index in [4.69, 9.17) is 14.2 Å². The van der Waals surface area contributed by atoms with Gasteiger partial charge >= 0.3 is 11.9 Å². The first-order valence-electron chi connectivity index (χ1n) is 13.2. The number of methoxy groups -OCH3 is 1. The van der Waals surface area contributed by atoms with Crippen LogP contribution in [0.1, 0.15) is 42.5 Å². The van der Waals surface area contributed by atoms with E-state index >= 15 is 0 Å². The van der Waals surface area contributed by atoms with Crippen molar-refractivity contribution < 1.29 is 33.7 Å². The Kier molecular flexibility index (Phi) is 5.53. The molecule has 4 bridgehead atoms. The number of ketones is 1. The number of carboxylic acids is 1. The summed E-state index contributed by atoms with van der Waals surface area (Å²) in [5, 5.41) is 10.2. The Balaban J connectivity index is 1.33. The second-order valence-electron chi connectivity index (χ2n) is 11.0. The standard InChI is InChI=1S/C31H26O7S/c1-36-23-12-20(29(33)34)27(39-25-8-4-2-6-21(25)37-22-7-3-5-9-26(22)39)13-24(23)38-30(35)31-14-17-10-18(15-31)28(32)19(11-17)16-31/h2-9,12-13,17-19H,10-11,14-16H2,1H3/p+1. The fourth-order valence-electron chi connectivity index (χ4n) is 7.20. The Morgan fingerprint density at radius 3 is 2.10 bits per heavy atom. The summed E-state index contributed by atoms with van der Waals surface area (Å²) in [6, 6.07) is 18.2. The number of esters is 1. The van der Waals surface area contributed by atoms with E-state index in [1.807, 2.05) is 48.5 Å². The summed E-state index contributed by atoms with van der Waals surface area (Å²) in [6.07, 6.45) is 3.53. The van der Waals surface area contributed by atoms with Crippen LogP contribution in [-0.4, -0.2) is 29.9 Å². The molecule has 2 atom stereocenters. The maximum Gasteiger partial charge on any atom is 0.341 e. The Morgan fingerprint density at radius 1 is 0.897 bits per heavy atom. The number of fused-ring (bicyclic) bond motifs is 2. The van der Waals surface area contributed by atoms with Crippen molar-refractivity contribution in [2.75, 3.05) is 7.11 Å². The van der Waals surface area contributed by atoms with E-state index < -0.39 is 22.3 Å². The van der Waals surface area contributed by atoms with E-state index in [0.717, 1.165) is 29.1 Å². The number of benzene rings is 3. The van der Waals surface area contributed by atoms with Crippen molar-refractivity contribution in [3.05, 3.63) is 66.2 Å². The van der Waals surface area contributed by atoms with Crippen molar-refractivity contribution in [1.29, 1.82) is 0 Å². The van der Waals surface area contributed by atoms with Crippen LogP contribution in [-0.2, 0) is 20.5 Å². The molecule has 8 rings (SSSR count). The lowest BCUT2D eigenvalue weighted by molar-refractivity contribution is -0.167. The van der Waals surface area contributed by atoms with Gasteiger partial charge in [0.1, 0.15) is 22.2 Å². The molecule has 39 heavy (non-hydrogen) atoms. The highest BCUT2D eigenvalue weighted by atomic mass is 32.2. The number of para-hydroxylation sites is 2. The summed E-state index contributed by atoms with van der Waals surface area (Å²) in [4.78, 5) is 41.2. The minimum Gasteiger partial charge on any atom is -0.493 e. The molecule has 1 heterocycles. The molecule has 8 heteroatoms. The molecule has 4 saturated carbocycles. The van der Waals surface area contributed by atoms with Crippen molar-refractivity contribution in [3.8, 4) is 23.0 Å². The van der Waals surface area contributed by atoms with Crippen LogP contribution in [0.15, 0.2) is 75.4 Å². The van der Waals surface area contributed by atoms with E-state index in [2.05, 4.69) is 0 Å². The Bertz CT molecular complexity index is 1480. The SMILES string of the molecule is COc1cc(C(=O)O)c([S+]2c3ccccc3Oc3ccccc32)cc1OC(=O)C12CC3CC(C1)C(=O)C(C3)C2. The van der Waals surface area contributed by atoms with Gasteiger partial charge in [0.25, 0.3) is 0 Å². The van der Waals surface area contributed by atoms with Crippen molar-refractivity contribution in [2.45, 2.75) is 46.8 Å². The highest BCUT2D eigenvalue weighted by Gasteiger charge is 2.59. The molecule has 0 saturated heterocycles. The van der Waals surface area contributed by atoms with Gasteiger partial charge in [0.15, 0.2) is 27.9 Å². The molecule has 198 valence electrons. The first-order chi connectivity index (χ1) is 18.9. The Morgan fingerprint density at radius 2 is 1.51 bits per heavy atom. The minimum atomic E-state index is -1.10. The fourth-order valence-corrected chi connectivity index (χ4v) is 9.55. The van der Waals surface area contributed by atoms with Crippen molar-refractivity contribution in [3.63, 3.8) is 0 Å². The number of rotatable bonds is 5. The van der Waals surface area contributed by atoms with Gasteiger partial charge in [-0.2, -0.15) is 0 Å². The predicted octanol–water partition coefficient (Wildman–Crippen LogP) is 5.90. The largest absolute Gasteiger partial charge is 0.493 e. The van der Waals surface area contributed by atoms with Gasteiger partial charge in [0.05, 0.1) is 12.5 Å². The van der Waals surface area contributed by atoms with Gasteiger partial charge in [-0.25, -0.2) is 4.79 Å². The van der Waals surface area contributed by atoms with Gasteiger partial charge in [-0.05, 0) is 62.3 Å². The van der Waals surface area contributed by atoms with Crippen LogP contribution in [0.2, 0.25) is 0 Å². The van der Waals surface area contributed by atoms with Gasteiger partial charge in [-0.3, -0.25) is 9.59 Å². The van der Waals surface area contributed by atoms with Crippen molar-refractivity contribution in [2.24, 2.45) is 23.2 Å². The average Bonchev–Trinajstić information content (AvgIpc) is 2.93. The number of carboxylic acid groups (broad SMARTS) is 1. The van der Waals surface area contributed by atoms with E-state index in [9.17, 15) is 19.5 Å². The summed E-state index contributed by atoms with van der Waals surface area (Å²) in [7, 11) is 0.596. The predicted molar refractivity (Wildman–Crippen MR) is 142 cm³/mol. The zero-order valence-electron chi connectivity index (χ0n) is 21.3. The summed E-state index contributed by atoms with van der Waals surface area (Å²) >= 11 is 0. The molecule has 0 radical (unpaired) electrons. The van der Waals surface area contributed by atoms with Crippen LogP contribution in [0, 0.1) is 23.2 Å². The molecule has 1 aliphatic heterocycles. The number of ether oxygens (including phenoxy) is 3. The topological polar surface area (TPSA) is 99.1 Å². The van der Waals surface area contributed by atoms with Crippen LogP contribution >= 0.6 is 0 Å². The monoisotopic (exact) mass is 543 g/mol. The molecule has 5 aliphatic rings. The maximum absolute atomic E-state index is 13.8. The van der Waals surface area contributed by atoms with Gasteiger partial charge < -0.3 is 19.3 Å². The normalized spacial score (nSPS) is 26.4. The molecular weight excluding hydrogens is 516 g/mol. The van der Waals surface area contributed by atoms with E-state index in [1.165, 1.54) is 13.2 Å². The second-order valence-corrected chi connectivity index (χ2v) is 13.0. The molecule has 2 unspecified atom stereocenters. The van der Waals surface area contributed by atoms with Crippen LogP contribution in [0.3, 0.4) is 0 Å². The zero-order valence-corrected chi connectivity index (χ0v) is 22.2. The zero-order chi connectivity index (χ0) is 26.9. The molecule has 4 fully saturated rings. The van der Waals surface area contributed by atoms with Crippen LogP contribution in [0.5, 0.6) is 23.0 Å². The highest BCUT2D eigenvalue weighted by Crippen LogP contribution is 2.59.